The summed E-state index contributed by atoms with van der Waals surface area (Å²) >= 11 is 0. The maximum atomic E-state index is 13.1. The van der Waals surface area contributed by atoms with E-state index in [4.69, 9.17) is 9.15 Å². The number of rotatable bonds is 5. The van der Waals surface area contributed by atoms with E-state index in [0.717, 1.165) is 24.8 Å². The fourth-order valence-corrected chi connectivity index (χ4v) is 4.26. The maximum absolute atomic E-state index is 13.1. The second-order valence-electron chi connectivity index (χ2n) is 7.72. The number of amides is 1. The van der Waals surface area contributed by atoms with Crippen molar-refractivity contribution in [1.29, 1.82) is 0 Å². The van der Waals surface area contributed by atoms with E-state index in [1.807, 2.05) is 12.1 Å². The molecule has 0 N–H and O–H groups in total. The van der Waals surface area contributed by atoms with Gasteiger partial charge in [-0.3, -0.25) is 14.2 Å². The Kier molecular flexibility index (Phi) is 5.63. The highest BCUT2D eigenvalue weighted by Crippen LogP contribution is 2.33. The summed E-state index contributed by atoms with van der Waals surface area (Å²) in [5.41, 5.74) is 2.03. The highest BCUT2D eigenvalue weighted by atomic mass is 16.5. The van der Waals surface area contributed by atoms with Crippen LogP contribution in [-0.2, 0) is 22.5 Å². The van der Waals surface area contributed by atoms with Crippen molar-refractivity contribution in [3.63, 3.8) is 0 Å². The van der Waals surface area contributed by atoms with Crippen LogP contribution < -0.4 is 5.56 Å². The Hall–Kier alpha value is -3.42. The number of aryl methyl sites for hydroxylation is 2. The Morgan fingerprint density at radius 3 is 2.87 bits per heavy atom. The quantitative estimate of drug-likeness (QED) is 0.586. The number of carbonyl (C=O) groups excluding carboxylic acids is 2. The largest absolute Gasteiger partial charge is 0.462 e. The van der Waals surface area contributed by atoms with Gasteiger partial charge in [-0.1, -0.05) is 24.3 Å². The van der Waals surface area contributed by atoms with Crippen LogP contribution >= 0.6 is 0 Å². The highest BCUT2D eigenvalue weighted by Gasteiger charge is 2.28. The van der Waals surface area contributed by atoms with E-state index in [1.165, 1.54) is 16.5 Å². The summed E-state index contributed by atoms with van der Waals surface area (Å²) in [6.07, 6.45) is 4.16. The van der Waals surface area contributed by atoms with E-state index in [0.29, 0.717) is 0 Å². The molecular formula is C23H25N3O5. The molecule has 3 aromatic rings. The lowest BCUT2D eigenvalue weighted by Crippen LogP contribution is -2.37. The molecule has 0 radical (unpaired) electrons. The molecule has 1 amide bonds. The number of hydrogen-bond donors (Lipinski definition) is 0. The molecule has 162 valence electrons. The molecule has 2 heterocycles. The van der Waals surface area contributed by atoms with Gasteiger partial charge < -0.3 is 14.1 Å². The van der Waals surface area contributed by atoms with Gasteiger partial charge in [0.1, 0.15) is 29.6 Å². The average molecular weight is 423 g/mol. The number of ether oxygens (including phenoxy) is 1. The van der Waals surface area contributed by atoms with Crippen molar-refractivity contribution in [2.75, 3.05) is 13.7 Å². The Labute approximate surface area is 179 Å². The van der Waals surface area contributed by atoms with Gasteiger partial charge in [-0.15, -0.1) is 0 Å². The Morgan fingerprint density at radius 1 is 1.32 bits per heavy atom. The van der Waals surface area contributed by atoms with Gasteiger partial charge in [0, 0.05) is 7.05 Å². The number of carbonyl (C=O) groups is 2. The molecule has 0 fully saturated rings. The number of aromatic nitrogens is 2. The van der Waals surface area contributed by atoms with Crippen LogP contribution in [0.5, 0.6) is 0 Å². The third-order valence-corrected chi connectivity index (χ3v) is 5.84. The first-order valence-electron chi connectivity index (χ1n) is 10.4. The molecule has 0 spiro atoms. The van der Waals surface area contributed by atoms with Gasteiger partial charge in [-0.2, -0.15) is 0 Å². The first-order valence-corrected chi connectivity index (χ1v) is 10.4. The molecule has 1 unspecified atom stereocenters. The third kappa shape index (κ3) is 3.73. The van der Waals surface area contributed by atoms with Gasteiger partial charge in [-0.05, 0) is 44.2 Å². The molecule has 1 aliphatic carbocycles. The number of nitrogens with zero attached hydrogens (tertiary/aromatic N) is 3. The van der Waals surface area contributed by atoms with Gasteiger partial charge in [0.05, 0.1) is 12.6 Å². The molecule has 31 heavy (non-hydrogen) atoms. The number of esters is 1. The van der Waals surface area contributed by atoms with Crippen LogP contribution in [0.1, 0.15) is 53.1 Å². The first-order chi connectivity index (χ1) is 14.9. The van der Waals surface area contributed by atoms with Crippen LogP contribution in [0.2, 0.25) is 0 Å². The lowest BCUT2D eigenvalue weighted by molar-refractivity contribution is -0.133. The number of benzene rings is 1. The smallest absolute Gasteiger partial charge is 0.342 e. The van der Waals surface area contributed by atoms with Crippen LogP contribution in [0.15, 0.2) is 39.8 Å². The molecule has 8 heteroatoms. The van der Waals surface area contributed by atoms with Crippen molar-refractivity contribution in [2.24, 2.45) is 0 Å². The highest BCUT2D eigenvalue weighted by molar-refractivity contribution is 6.03. The van der Waals surface area contributed by atoms with E-state index in [-0.39, 0.29) is 47.5 Å². The predicted octanol–water partition coefficient (Wildman–Crippen LogP) is 3.01. The maximum Gasteiger partial charge on any atom is 0.342 e. The molecule has 8 nitrogen and oxygen atoms in total. The van der Waals surface area contributed by atoms with Crippen LogP contribution in [0.4, 0.5) is 0 Å². The van der Waals surface area contributed by atoms with Crippen molar-refractivity contribution in [1.82, 2.24) is 14.5 Å². The van der Waals surface area contributed by atoms with Crippen LogP contribution in [0.25, 0.3) is 11.1 Å². The average Bonchev–Trinajstić information content (AvgIpc) is 3.11. The Bertz CT molecular complexity index is 1210. The summed E-state index contributed by atoms with van der Waals surface area (Å²) in [6, 6.07) is 8.12. The fraction of sp³-hybridized carbons (Fsp3) is 0.391. The number of fused-ring (bicyclic) bond motifs is 2. The van der Waals surface area contributed by atoms with Crippen molar-refractivity contribution in [2.45, 2.75) is 45.7 Å². The van der Waals surface area contributed by atoms with Gasteiger partial charge in [0.2, 0.25) is 11.6 Å². The van der Waals surface area contributed by atoms with Gasteiger partial charge >= 0.3 is 5.97 Å². The summed E-state index contributed by atoms with van der Waals surface area (Å²) in [5.74, 6) is -0.585. The predicted molar refractivity (Wildman–Crippen MR) is 114 cm³/mol. The lowest BCUT2D eigenvalue weighted by Gasteiger charge is -2.33. The summed E-state index contributed by atoms with van der Waals surface area (Å²) in [7, 11) is 1.76. The summed E-state index contributed by atoms with van der Waals surface area (Å²) in [5, 5.41) is 0.0388. The molecule has 0 bridgehead atoms. The zero-order chi connectivity index (χ0) is 22.1. The molecule has 1 aliphatic rings. The summed E-state index contributed by atoms with van der Waals surface area (Å²) in [6.45, 7) is 3.26. The van der Waals surface area contributed by atoms with Crippen molar-refractivity contribution in [3.8, 4) is 0 Å². The van der Waals surface area contributed by atoms with Crippen molar-refractivity contribution >= 4 is 23.0 Å². The van der Waals surface area contributed by atoms with Gasteiger partial charge in [-0.25, -0.2) is 9.78 Å². The molecular weight excluding hydrogens is 398 g/mol. The van der Waals surface area contributed by atoms with E-state index < -0.39 is 11.5 Å². The summed E-state index contributed by atoms with van der Waals surface area (Å²) in [4.78, 5) is 44.3. The first kappa shape index (κ1) is 20.8. The third-order valence-electron chi connectivity index (χ3n) is 5.84. The topological polar surface area (TPSA) is 94.6 Å². The van der Waals surface area contributed by atoms with Crippen molar-refractivity contribution < 1.29 is 18.7 Å². The molecule has 4 rings (SSSR count). The minimum Gasteiger partial charge on any atom is -0.462 e. The number of furan rings is 1. The van der Waals surface area contributed by atoms with E-state index in [2.05, 4.69) is 17.1 Å². The second kappa shape index (κ2) is 8.37. The molecule has 0 saturated carbocycles. The standard InChI is InChI=1S/C23H25N3O5/c1-4-30-23(29)19-14(2)31-21-20(19)22(28)26(13-24-21)12-18(27)25(3)17-11-7-9-15-8-5-6-10-16(15)17/h5-6,8,10,13,17H,4,7,9,11-12H2,1-3H3. The monoisotopic (exact) mass is 423 g/mol. The van der Waals surface area contributed by atoms with Gasteiger partial charge in [0.25, 0.3) is 5.56 Å². The number of likely N-dealkylation sites (N-methyl/N-ethyl adjacent to an activating group) is 1. The molecule has 0 saturated heterocycles. The SMILES string of the molecule is CCOC(=O)c1c(C)oc2ncn(CC(=O)N(C)C3CCCc4ccccc43)c(=O)c12. The van der Waals surface area contributed by atoms with E-state index >= 15 is 0 Å². The molecule has 1 atom stereocenters. The zero-order valence-electron chi connectivity index (χ0n) is 17.9. The van der Waals surface area contributed by atoms with E-state index in [1.54, 1.807) is 25.8 Å². The Morgan fingerprint density at radius 2 is 2.10 bits per heavy atom. The fourth-order valence-electron chi connectivity index (χ4n) is 4.26. The molecule has 1 aromatic carbocycles. The van der Waals surface area contributed by atoms with Crippen molar-refractivity contribution in [3.05, 3.63) is 63.4 Å². The second-order valence-corrected chi connectivity index (χ2v) is 7.72. The molecule has 2 aromatic heterocycles. The lowest BCUT2D eigenvalue weighted by atomic mass is 9.87. The van der Waals surface area contributed by atoms with Crippen LogP contribution in [-0.4, -0.2) is 40.0 Å². The van der Waals surface area contributed by atoms with Gasteiger partial charge in [0.15, 0.2) is 0 Å². The Balaban J connectivity index is 1.64. The minimum absolute atomic E-state index is 0.0314. The minimum atomic E-state index is -0.641. The molecule has 0 aliphatic heterocycles. The summed E-state index contributed by atoms with van der Waals surface area (Å²) < 4.78 is 11.7. The van der Waals surface area contributed by atoms with Crippen LogP contribution in [0, 0.1) is 6.92 Å². The van der Waals surface area contributed by atoms with Crippen LogP contribution in [0.3, 0.4) is 0 Å². The normalized spacial score (nSPS) is 15.5. The zero-order valence-corrected chi connectivity index (χ0v) is 17.9. The number of hydrogen-bond acceptors (Lipinski definition) is 6. The van der Waals surface area contributed by atoms with E-state index in [9.17, 15) is 14.4 Å².